The lowest BCUT2D eigenvalue weighted by molar-refractivity contribution is 0.0916. The minimum atomic E-state index is -0.352. The molecule has 1 amide bonds. The molecule has 3 N–H and O–H groups in total. The third-order valence-corrected chi connectivity index (χ3v) is 4.37. The first-order chi connectivity index (χ1) is 9.88. The second-order valence-corrected chi connectivity index (χ2v) is 5.84. The van der Waals surface area contributed by atoms with Crippen LogP contribution in [0.25, 0.3) is 11.0 Å². The summed E-state index contributed by atoms with van der Waals surface area (Å²) in [6.07, 6.45) is 1.64. The molecular weight excluding hydrogens is 300 g/mol. The molecular formula is C17H25ClN2O2. The van der Waals surface area contributed by atoms with Crippen molar-refractivity contribution in [1.82, 2.24) is 5.32 Å². The zero-order chi connectivity index (χ0) is 15.6. The number of amides is 1. The molecule has 4 nitrogen and oxygen atoms in total. The highest BCUT2D eigenvalue weighted by Gasteiger charge is 2.22. The number of rotatable bonds is 5. The molecule has 0 aliphatic rings. The monoisotopic (exact) mass is 324 g/mol. The summed E-state index contributed by atoms with van der Waals surface area (Å²) in [6.45, 7) is 8.59. The number of nitrogens with one attached hydrogen (secondary N) is 1. The van der Waals surface area contributed by atoms with Crippen molar-refractivity contribution in [3.05, 3.63) is 35.1 Å². The fraction of sp³-hybridized carbons (Fsp3) is 0.471. The van der Waals surface area contributed by atoms with E-state index in [2.05, 4.69) is 5.32 Å². The van der Waals surface area contributed by atoms with Crippen LogP contribution in [0.3, 0.4) is 0 Å². The minimum absolute atomic E-state index is 0. The Hall–Kier alpha value is -1.52. The van der Waals surface area contributed by atoms with Gasteiger partial charge in [-0.05, 0) is 56.0 Å². The zero-order valence-corrected chi connectivity index (χ0v) is 14.5. The summed E-state index contributed by atoms with van der Waals surface area (Å²) in [7, 11) is 0. The molecule has 0 atom stereocenters. The van der Waals surface area contributed by atoms with Crippen molar-refractivity contribution in [2.75, 3.05) is 6.54 Å². The first-order valence-electron chi connectivity index (χ1n) is 7.46. The number of carbonyl (C=O) groups excluding carboxylic acids is 1. The largest absolute Gasteiger partial charge is 0.451 e. The van der Waals surface area contributed by atoms with E-state index in [9.17, 15) is 4.79 Å². The van der Waals surface area contributed by atoms with Crippen molar-refractivity contribution in [2.24, 2.45) is 5.73 Å². The summed E-state index contributed by atoms with van der Waals surface area (Å²) in [4.78, 5) is 12.2. The Bertz CT molecular complexity index is 621. The fourth-order valence-corrected chi connectivity index (χ4v) is 2.26. The quantitative estimate of drug-likeness (QED) is 0.880. The number of nitrogens with two attached hydrogens (primary N) is 1. The average molecular weight is 325 g/mol. The van der Waals surface area contributed by atoms with Gasteiger partial charge in [0.15, 0.2) is 5.76 Å². The van der Waals surface area contributed by atoms with Crippen LogP contribution in [0.4, 0.5) is 0 Å². The SMILES string of the molecule is CCC(N)(CC)CNC(=O)c1cc2cc(C)c(C)cc2o1.Cl. The molecule has 2 rings (SSSR count). The number of hydrogen-bond acceptors (Lipinski definition) is 3. The Kier molecular flexibility index (Phi) is 6.03. The number of carbonyl (C=O) groups is 1. The summed E-state index contributed by atoms with van der Waals surface area (Å²) in [5.74, 6) is 0.128. The van der Waals surface area contributed by atoms with Crippen LogP contribution in [0.1, 0.15) is 48.4 Å². The van der Waals surface area contributed by atoms with E-state index in [1.54, 1.807) is 6.07 Å². The molecule has 122 valence electrons. The van der Waals surface area contributed by atoms with Gasteiger partial charge >= 0.3 is 0 Å². The molecule has 22 heavy (non-hydrogen) atoms. The van der Waals surface area contributed by atoms with Gasteiger partial charge in [-0.2, -0.15) is 0 Å². The van der Waals surface area contributed by atoms with Gasteiger partial charge in [0, 0.05) is 17.5 Å². The van der Waals surface area contributed by atoms with E-state index in [1.807, 2.05) is 39.8 Å². The summed E-state index contributed by atoms with van der Waals surface area (Å²) < 4.78 is 5.65. The third-order valence-electron chi connectivity index (χ3n) is 4.37. The van der Waals surface area contributed by atoms with Crippen molar-refractivity contribution in [3.8, 4) is 0 Å². The van der Waals surface area contributed by atoms with E-state index in [1.165, 1.54) is 5.56 Å². The summed E-state index contributed by atoms with van der Waals surface area (Å²) in [5, 5.41) is 3.83. The van der Waals surface area contributed by atoms with Gasteiger partial charge in [-0.25, -0.2) is 0 Å². The molecule has 1 aromatic heterocycles. The Morgan fingerprint density at radius 3 is 2.36 bits per heavy atom. The molecule has 1 heterocycles. The van der Waals surface area contributed by atoms with E-state index in [4.69, 9.17) is 10.2 Å². The van der Waals surface area contributed by atoms with Gasteiger partial charge in [0.05, 0.1) is 0 Å². The summed E-state index contributed by atoms with van der Waals surface area (Å²) >= 11 is 0. The van der Waals surface area contributed by atoms with Crippen LogP contribution in [0.15, 0.2) is 22.6 Å². The molecule has 2 aromatic rings. The predicted molar refractivity (Wildman–Crippen MR) is 92.8 cm³/mol. The lowest BCUT2D eigenvalue weighted by Crippen LogP contribution is -2.49. The van der Waals surface area contributed by atoms with Gasteiger partial charge in [-0.15, -0.1) is 12.4 Å². The third kappa shape index (κ3) is 3.81. The molecule has 0 aliphatic heterocycles. The highest BCUT2D eigenvalue weighted by molar-refractivity contribution is 5.96. The van der Waals surface area contributed by atoms with E-state index in [0.29, 0.717) is 12.3 Å². The smallest absolute Gasteiger partial charge is 0.287 e. The molecule has 5 heteroatoms. The molecule has 0 spiro atoms. The summed E-state index contributed by atoms with van der Waals surface area (Å²) in [6, 6.07) is 5.79. The van der Waals surface area contributed by atoms with Crippen molar-refractivity contribution in [1.29, 1.82) is 0 Å². The number of fused-ring (bicyclic) bond motifs is 1. The average Bonchev–Trinajstić information content (AvgIpc) is 2.87. The Balaban J connectivity index is 0.00000242. The van der Waals surface area contributed by atoms with E-state index < -0.39 is 0 Å². The Labute approximate surface area is 137 Å². The molecule has 0 saturated carbocycles. The molecule has 0 saturated heterocycles. The maximum absolute atomic E-state index is 12.2. The molecule has 0 unspecified atom stereocenters. The zero-order valence-electron chi connectivity index (χ0n) is 13.7. The van der Waals surface area contributed by atoms with Crippen molar-refractivity contribution < 1.29 is 9.21 Å². The van der Waals surface area contributed by atoms with Crippen LogP contribution in [0.5, 0.6) is 0 Å². The molecule has 0 fully saturated rings. The standard InChI is InChI=1S/C17H24N2O2.ClH/c1-5-17(18,6-2)10-19-16(20)15-9-13-7-11(3)12(4)8-14(13)21-15;/h7-9H,5-6,10,18H2,1-4H3,(H,19,20);1H. The van der Waals surface area contributed by atoms with Crippen LogP contribution in [0.2, 0.25) is 0 Å². The first kappa shape index (κ1) is 18.5. The van der Waals surface area contributed by atoms with Crippen LogP contribution in [0, 0.1) is 13.8 Å². The van der Waals surface area contributed by atoms with Crippen LogP contribution < -0.4 is 11.1 Å². The number of benzene rings is 1. The molecule has 1 aromatic carbocycles. The minimum Gasteiger partial charge on any atom is -0.451 e. The van der Waals surface area contributed by atoms with Gasteiger partial charge in [0.25, 0.3) is 5.91 Å². The van der Waals surface area contributed by atoms with E-state index >= 15 is 0 Å². The van der Waals surface area contributed by atoms with Gasteiger partial charge in [-0.3, -0.25) is 4.79 Å². The number of hydrogen-bond donors (Lipinski definition) is 2. The van der Waals surface area contributed by atoms with Gasteiger partial charge in [0.2, 0.25) is 0 Å². The highest BCUT2D eigenvalue weighted by atomic mass is 35.5. The van der Waals surface area contributed by atoms with E-state index in [0.717, 1.165) is 29.4 Å². The maximum Gasteiger partial charge on any atom is 0.287 e. The second kappa shape index (κ2) is 7.16. The van der Waals surface area contributed by atoms with Crippen molar-refractivity contribution in [3.63, 3.8) is 0 Å². The second-order valence-electron chi connectivity index (χ2n) is 5.84. The lowest BCUT2D eigenvalue weighted by Gasteiger charge is -2.26. The molecule has 0 aliphatic carbocycles. The van der Waals surface area contributed by atoms with Crippen molar-refractivity contribution >= 4 is 29.3 Å². The first-order valence-corrected chi connectivity index (χ1v) is 7.46. The Morgan fingerprint density at radius 1 is 1.18 bits per heavy atom. The number of furan rings is 1. The van der Waals surface area contributed by atoms with Crippen LogP contribution >= 0.6 is 12.4 Å². The van der Waals surface area contributed by atoms with Crippen LogP contribution in [-0.4, -0.2) is 18.0 Å². The fourth-order valence-electron chi connectivity index (χ4n) is 2.26. The maximum atomic E-state index is 12.2. The number of halogens is 1. The summed E-state index contributed by atoms with van der Waals surface area (Å²) in [5.41, 5.74) is 8.93. The van der Waals surface area contributed by atoms with Crippen LogP contribution in [-0.2, 0) is 0 Å². The molecule has 0 radical (unpaired) electrons. The van der Waals surface area contributed by atoms with Gasteiger partial charge < -0.3 is 15.5 Å². The Morgan fingerprint density at radius 2 is 1.77 bits per heavy atom. The van der Waals surface area contributed by atoms with Crippen molar-refractivity contribution in [2.45, 2.75) is 46.1 Å². The lowest BCUT2D eigenvalue weighted by atomic mass is 9.94. The topological polar surface area (TPSA) is 68.3 Å². The molecule has 0 bridgehead atoms. The van der Waals surface area contributed by atoms with Gasteiger partial charge in [0.1, 0.15) is 5.58 Å². The predicted octanol–water partition coefficient (Wildman–Crippen LogP) is 3.72. The van der Waals surface area contributed by atoms with E-state index in [-0.39, 0.29) is 23.9 Å². The highest BCUT2D eigenvalue weighted by Crippen LogP contribution is 2.23. The normalized spacial score (nSPS) is 11.3. The number of aryl methyl sites for hydroxylation is 2. The van der Waals surface area contributed by atoms with Gasteiger partial charge in [-0.1, -0.05) is 13.8 Å².